The number of hydrogen-bond acceptors (Lipinski definition) is 4. The predicted octanol–water partition coefficient (Wildman–Crippen LogP) is 3.45. The standard InChI is InChI=1S/C21H20N4O2/c1-14-8-6-12-22-18(14)24-20(26)17(16-10-4-3-5-11-16)21(27)25-19-15(2)9-7-13-23-19/h3-13,17H,1-2H3,(H,22,24,26)(H,23,25,27). The number of nitrogens with one attached hydrogen (secondary N) is 2. The molecule has 0 saturated heterocycles. The number of benzene rings is 1. The highest BCUT2D eigenvalue weighted by atomic mass is 16.2. The highest BCUT2D eigenvalue weighted by molar-refractivity contribution is 6.14. The molecule has 2 amide bonds. The molecule has 0 aliphatic rings. The van der Waals surface area contributed by atoms with Crippen molar-refractivity contribution in [1.82, 2.24) is 9.97 Å². The largest absolute Gasteiger partial charge is 0.309 e. The number of anilines is 2. The summed E-state index contributed by atoms with van der Waals surface area (Å²) in [7, 11) is 0. The van der Waals surface area contributed by atoms with Crippen molar-refractivity contribution in [2.75, 3.05) is 10.6 Å². The van der Waals surface area contributed by atoms with Gasteiger partial charge in [0, 0.05) is 12.4 Å². The molecule has 2 heterocycles. The highest BCUT2D eigenvalue weighted by Gasteiger charge is 2.29. The predicted molar refractivity (Wildman–Crippen MR) is 104 cm³/mol. The molecule has 27 heavy (non-hydrogen) atoms. The van der Waals surface area contributed by atoms with E-state index < -0.39 is 17.7 Å². The first-order chi connectivity index (χ1) is 13.1. The normalized spacial score (nSPS) is 10.5. The summed E-state index contributed by atoms with van der Waals surface area (Å²) >= 11 is 0. The van der Waals surface area contributed by atoms with Crippen molar-refractivity contribution >= 4 is 23.5 Å². The van der Waals surface area contributed by atoms with Crippen LogP contribution in [0.4, 0.5) is 11.6 Å². The van der Waals surface area contributed by atoms with E-state index in [1.165, 1.54) is 0 Å². The van der Waals surface area contributed by atoms with E-state index in [4.69, 9.17) is 0 Å². The minimum absolute atomic E-state index is 0.435. The van der Waals surface area contributed by atoms with Crippen molar-refractivity contribution in [2.24, 2.45) is 0 Å². The van der Waals surface area contributed by atoms with Crippen LogP contribution in [0.1, 0.15) is 22.6 Å². The quantitative estimate of drug-likeness (QED) is 0.683. The number of pyridine rings is 2. The average molecular weight is 360 g/mol. The molecule has 0 aliphatic carbocycles. The van der Waals surface area contributed by atoms with Gasteiger partial charge in [0.2, 0.25) is 11.8 Å². The van der Waals surface area contributed by atoms with Gasteiger partial charge in [0.25, 0.3) is 0 Å². The van der Waals surface area contributed by atoms with E-state index in [1.807, 2.05) is 32.0 Å². The molecule has 6 heteroatoms. The number of aromatic nitrogens is 2. The first kappa shape index (κ1) is 18.3. The van der Waals surface area contributed by atoms with Crippen molar-refractivity contribution in [3.63, 3.8) is 0 Å². The fourth-order valence-electron chi connectivity index (χ4n) is 2.68. The maximum absolute atomic E-state index is 12.9. The number of aryl methyl sites for hydroxylation is 2. The summed E-state index contributed by atoms with van der Waals surface area (Å²) in [5.74, 6) is -1.06. The van der Waals surface area contributed by atoms with Crippen LogP contribution in [0.5, 0.6) is 0 Å². The zero-order valence-electron chi connectivity index (χ0n) is 15.1. The second-order valence-corrected chi connectivity index (χ2v) is 6.16. The molecule has 0 saturated carbocycles. The van der Waals surface area contributed by atoms with Gasteiger partial charge < -0.3 is 10.6 Å². The lowest BCUT2D eigenvalue weighted by Crippen LogP contribution is -2.32. The van der Waals surface area contributed by atoms with Crippen LogP contribution >= 0.6 is 0 Å². The second-order valence-electron chi connectivity index (χ2n) is 6.16. The van der Waals surface area contributed by atoms with Crippen LogP contribution in [-0.2, 0) is 9.59 Å². The van der Waals surface area contributed by atoms with Gasteiger partial charge in [-0.15, -0.1) is 0 Å². The smallest absolute Gasteiger partial charge is 0.242 e. The molecule has 136 valence electrons. The van der Waals surface area contributed by atoms with Crippen LogP contribution < -0.4 is 10.6 Å². The zero-order valence-corrected chi connectivity index (χ0v) is 15.1. The fourth-order valence-corrected chi connectivity index (χ4v) is 2.68. The summed E-state index contributed by atoms with van der Waals surface area (Å²) in [5.41, 5.74) is 2.23. The van der Waals surface area contributed by atoms with Gasteiger partial charge in [-0.3, -0.25) is 9.59 Å². The van der Waals surface area contributed by atoms with E-state index in [-0.39, 0.29) is 0 Å². The molecule has 3 rings (SSSR count). The van der Waals surface area contributed by atoms with E-state index in [2.05, 4.69) is 20.6 Å². The van der Waals surface area contributed by atoms with E-state index in [0.717, 1.165) is 11.1 Å². The molecule has 2 N–H and O–H groups in total. The Balaban J connectivity index is 1.89. The first-order valence-electron chi connectivity index (χ1n) is 8.56. The summed E-state index contributed by atoms with van der Waals surface area (Å²) in [6, 6.07) is 16.2. The Morgan fingerprint density at radius 2 is 1.22 bits per heavy atom. The van der Waals surface area contributed by atoms with Crippen LogP contribution in [0.15, 0.2) is 67.0 Å². The third-order valence-electron chi connectivity index (χ3n) is 4.16. The Kier molecular flexibility index (Phi) is 5.56. The van der Waals surface area contributed by atoms with Crippen LogP contribution in [0.2, 0.25) is 0 Å². The van der Waals surface area contributed by atoms with Crippen molar-refractivity contribution in [3.8, 4) is 0 Å². The molecule has 0 bridgehead atoms. The van der Waals surface area contributed by atoms with Gasteiger partial charge in [-0.25, -0.2) is 9.97 Å². The molecule has 0 atom stereocenters. The highest BCUT2D eigenvalue weighted by Crippen LogP contribution is 2.22. The van der Waals surface area contributed by atoms with Crippen molar-refractivity contribution in [3.05, 3.63) is 83.7 Å². The third kappa shape index (κ3) is 4.36. The molecule has 0 spiro atoms. The van der Waals surface area contributed by atoms with Gasteiger partial charge in [0.05, 0.1) is 0 Å². The second kappa shape index (κ2) is 8.23. The lowest BCUT2D eigenvalue weighted by Gasteiger charge is -2.18. The minimum Gasteiger partial charge on any atom is -0.309 e. The van der Waals surface area contributed by atoms with Gasteiger partial charge in [0.1, 0.15) is 17.6 Å². The maximum atomic E-state index is 12.9. The van der Waals surface area contributed by atoms with Gasteiger partial charge in [-0.2, -0.15) is 0 Å². The lowest BCUT2D eigenvalue weighted by atomic mass is 9.97. The molecule has 0 radical (unpaired) electrons. The first-order valence-corrected chi connectivity index (χ1v) is 8.56. The van der Waals surface area contributed by atoms with Crippen LogP contribution in [0.25, 0.3) is 0 Å². The number of rotatable bonds is 5. The van der Waals surface area contributed by atoms with E-state index >= 15 is 0 Å². The van der Waals surface area contributed by atoms with Crippen LogP contribution in [-0.4, -0.2) is 21.8 Å². The molecular weight excluding hydrogens is 340 g/mol. The maximum Gasteiger partial charge on any atom is 0.242 e. The molecule has 0 aliphatic heterocycles. The Morgan fingerprint density at radius 1 is 0.741 bits per heavy atom. The number of nitrogens with zero attached hydrogens (tertiary/aromatic N) is 2. The number of amides is 2. The topological polar surface area (TPSA) is 84.0 Å². The molecule has 2 aromatic heterocycles. The summed E-state index contributed by atoms with van der Waals surface area (Å²) in [4.78, 5) is 34.3. The summed E-state index contributed by atoms with van der Waals surface area (Å²) < 4.78 is 0. The fraction of sp³-hybridized carbons (Fsp3) is 0.143. The van der Waals surface area contributed by atoms with Crippen molar-refractivity contribution in [1.29, 1.82) is 0 Å². The van der Waals surface area contributed by atoms with E-state index in [0.29, 0.717) is 17.2 Å². The molecule has 0 fully saturated rings. The summed E-state index contributed by atoms with van der Waals surface area (Å²) in [5, 5.41) is 5.52. The molecule has 3 aromatic rings. The third-order valence-corrected chi connectivity index (χ3v) is 4.16. The van der Waals surface area contributed by atoms with Crippen molar-refractivity contribution < 1.29 is 9.59 Å². The molecular formula is C21H20N4O2. The number of carbonyl (C=O) groups excluding carboxylic acids is 2. The monoisotopic (exact) mass is 360 g/mol. The Morgan fingerprint density at radius 3 is 1.67 bits per heavy atom. The molecule has 6 nitrogen and oxygen atoms in total. The Hall–Kier alpha value is -3.54. The molecule has 0 unspecified atom stereocenters. The van der Waals surface area contributed by atoms with Gasteiger partial charge in [-0.1, -0.05) is 42.5 Å². The van der Waals surface area contributed by atoms with Crippen LogP contribution in [0, 0.1) is 13.8 Å². The number of hydrogen-bond donors (Lipinski definition) is 2. The van der Waals surface area contributed by atoms with Crippen molar-refractivity contribution in [2.45, 2.75) is 19.8 Å². The molecule has 1 aromatic carbocycles. The SMILES string of the molecule is Cc1cccnc1NC(=O)C(C(=O)Nc1ncccc1C)c1ccccc1. The van der Waals surface area contributed by atoms with E-state index in [9.17, 15) is 9.59 Å². The summed E-state index contributed by atoms with van der Waals surface area (Å²) in [6.45, 7) is 3.69. The lowest BCUT2D eigenvalue weighted by molar-refractivity contribution is -0.126. The van der Waals surface area contributed by atoms with Gasteiger partial charge in [-0.05, 0) is 42.7 Å². The van der Waals surface area contributed by atoms with Crippen LogP contribution in [0.3, 0.4) is 0 Å². The summed E-state index contributed by atoms with van der Waals surface area (Å²) in [6.07, 6.45) is 3.19. The Bertz CT molecular complexity index is 898. The van der Waals surface area contributed by atoms with Gasteiger partial charge in [0.15, 0.2) is 0 Å². The number of carbonyl (C=O) groups is 2. The Labute approximate surface area is 157 Å². The zero-order chi connectivity index (χ0) is 19.2. The minimum atomic E-state index is -1.03. The van der Waals surface area contributed by atoms with E-state index in [1.54, 1.807) is 48.8 Å². The average Bonchev–Trinajstić information content (AvgIpc) is 2.66. The van der Waals surface area contributed by atoms with Gasteiger partial charge >= 0.3 is 0 Å².